The van der Waals surface area contributed by atoms with Gasteiger partial charge in [0.05, 0.1) is 17.4 Å². The molecule has 1 amide bonds. The van der Waals surface area contributed by atoms with Gasteiger partial charge in [0, 0.05) is 24.8 Å². The van der Waals surface area contributed by atoms with E-state index in [9.17, 15) is 13.6 Å². The van der Waals surface area contributed by atoms with Crippen LogP contribution in [0.5, 0.6) is 0 Å². The van der Waals surface area contributed by atoms with Crippen LogP contribution in [0.1, 0.15) is 12.5 Å². The Bertz CT molecular complexity index is 738. The quantitative estimate of drug-likeness (QED) is 0.698. The molecule has 108 valence electrons. The minimum absolute atomic E-state index is 0.0804. The molecule has 0 radical (unpaired) electrons. The summed E-state index contributed by atoms with van der Waals surface area (Å²) in [6, 6.07) is 3.79. The van der Waals surface area contributed by atoms with Crippen molar-refractivity contribution < 1.29 is 13.6 Å². The number of benzene rings is 1. The normalized spacial score (nSPS) is 10.0. The van der Waals surface area contributed by atoms with Crippen molar-refractivity contribution >= 4 is 34.8 Å². The van der Waals surface area contributed by atoms with Crippen LogP contribution in [-0.2, 0) is 11.3 Å². The average Bonchev–Trinajstić information content (AvgIpc) is 2.86. The van der Waals surface area contributed by atoms with Gasteiger partial charge in [-0.2, -0.15) is 10.1 Å². The number of hydrogen-bond acceptors (Lipinski definition) is 4. The van der Waals surface area contributed by atoms with Gasteiger partial charge in [-0.25, -0.2) is 8.78 Å². The maximum absolute atomic E-state index is 14.2. The number of rotatable bonds is 4. The second-order valence-corrected chi connectivity index (χ2v) is 4.33. The second-order valence-electron chi connectivity index (χ2n) is 4.14. The van der Waals surface area contributed by atoms with Crippen molar-refractivity contribution in [2.75, 3.05) is 5.32 Å². The van der Waals surface area contributed by atoms with Gasteiger partial charge < -0.3 is 5.32 Å². The lowest BCUT2D eigenvalue weighted by molar-refractivity contribution is -0.114. The van der Waals surface area contributed by atoms with Gasteiger partial charge in [-0.05, 0) is 24.4 Å². The molecule has 21 heavy (non-hydrogen) atoms. The number of carbonyl (C=O) groups is 1. The lowest BCUT2D eigenvalue weighted by Gasteiger charge is -2.10. The zero-order valence-electron chi connectivity index (χ0n) is 10.9. The number of halogens is 2. The van der Waals surface area contributed by atoms with Gasteiger partial charge in [-0.3, -0.25) is 9.48 Å². The summed E-state index contributed by atoms with van der Waals surface area (Å²) >= 11 is 4.45. The number of carbonyl (C=O) groups excluding carboxylic acids is 1. The number of anilines is 1. The van der Waals surface area contributed by atoms with Crippen molar-refractivity contribution in [1.29, 1.82) is 0 Å². The summed E-state index contributed by atoms with van der Waals surface area (Å²) in [5, 5.41) is 8.42. The number of nitrogens with one attached hydrogen (secondary N) is 1. The molecule has 2 rings (SSSR count). The number of hydrogen-bond donors (Lipinski definition) is 1. The molecule has 5 nitrogen and oxygen atoms in total. The summed E-state index contributed by atoms with van der Waals surface area (Å²) in [4.78, 5) is 14.6. The van der Waals surface area contributed by atoms with Crippen LogP contribution in [0.15, 0.2) is 29.4 Å². The lowest BCUT2D eigenvalue weighted by Crippen LogP contribution is -2.11. The molecule has 1 aromatic heterocycles. The fraction of sp³-hybridized carbons (Fsp3) is 0.154. The van der Waals surface area contributed by atoms with E-state index in [4.69, 9.17) is 0 Å². The highest BCUT2D eigenvalue weighted by atomic mass is 32.1. The number of aliphatic imine (C=N–C) groups is 1. The lowest BCUT2D eigenvalue weighted by atomic mass is 10.1. The number of thiocarbonyl (C=S) groups is 1. The van der Waals surface area contributed by atoms with Crippen LogP contribution in [0.25, 0.3) is 0 Å². The number of nitrogens with zero attached hydrogens (tertiary/aromatic N) is 3. The monoisotopic (exact) mass is 308 g/mol. The average molecular weight is 308 g/mol. The van der Waals surface area contributed by atoms with E-state index in [2.05, 4.69) is 32.8 Å². The highest BCUT2D eigenvalue weighted by Crippen LogP contribution is 2.22. The Labute approximate surface area is 124 Å². The van der Waals surface area contributed by atoms with E-state index in [0.29, 0.717) is 5.82 Å². The second kappa shape index (κ2) is 6.34. The number of amides is 1. The van der Waals surface area contributed by atoms with Crippen molar-refractivity contribution in [2.24, 2.45) is 4.99 Å². The van der Waals surface area contributed by atoms with Crippen molar-refractivity contribution in [2.45, 2.75) is 13.5 Å². The zero-order chi connectivity index (χ0) is 15.4. The predicted octanol–water partition coefficient (Wildman–Crippen LogP) is 2.90. The largest absolute Gasteiger partial charge is 0.324 e. The van der Waals surface area contributed by atoms with Gasteiger partial charge in [-0.15, -0.1) is 0 Å². The van der Waals surface area contributed by atoms with E-state index >= 15 is 0 Å². The van der Waals surface area contributed by atoms with Crippen LogP contribution in [0.2, 0.25) is 0 Å². The van der Waals surface area contributed by atoms with E-state index < -0.39 is 17.5 Å². The van der Waals surface area contributed by atoms with Crippen LogP contribution in [0.3, 0.4) is 0 Å². The molecule has 0 aliphatic heterocycles. The summed E-state index contributed by atoms with van der Waals surface area (Å²) in [5.74, 6) is -1.70. The molecule has 0 saturated heterocycles. The molecule has 0 atom stereocenters. The van der Waals surface area contributed by atoms with Gasteiger partial charge in [-0.1, -0.05) is 0 Å². The molecule has 0 aliphatic rings. The Morgan fingerprint density at radius 2 is 2.24 bits per heavy atom. The van der Waals surface area contributed by atoms with Gasteiger partial charge >= 0.3 is 0 Å². The van der Waals surface area contributed by atoms with Crippen LogP contribution in [0, 0.1) is 11.6 Å². The minimum Gasteiger partial charge on any atom is -0.324 e. The van der Waals surface area contributed by atoms with Gasteiger partial charge in [0.1, 0.15) is 5.82 Å². The molecule has 0 aliphatic carbocycles. The predicted molar refractivity (Wildman–Crippen MR) is 76.7 cm³/mol. The first kappa shape index (κ1) is 15.0. The van der Waals surface area contributed by atoms with Crippen LogP contribution in [-0.4, -0.2) is 20.8 Å². The third kappa shape index (κ3) is 3.56. The Morgan fingerprint density at radius 3 is 2.90 bits per heavy atom. The maximum atomic E-state index is 14.2. The first-order chi connectivity index (χ1) is 10.0. The van der Waals surface area contributed by atoms with Gasteiger partial charge in [0.15, 0.2) is 11.6 Å². The highest BCUT2D eigenvalue weighted by molar-refractivity contribution is 7.78. The maximum Gasteiger partial charge on any atom is 0.221 e. The Balaban J connectivity index is 2.33. The molecule has 0 saturated carbocycles. The Morgan fingerprint density at radius 1 is 1.48 bits per heavy atom. The third-order valence-corrected chi connectivity index (χ3v) is 2.69. The fourth-order valence-corrected chi connectivity index (χ4v) is 1.83. The molecule has 1 N–H and O–H groups in total. The van der Waals surface area contributed by atoms with Crippen molar-refractivity contribution in [3.8, 4) is 0 Å². The van der Waals surface area contributed by atoms with E-state index in [0.717, 1.165) is 6.07 Å². The fourth-order valence-electron chi connectivity index (χ4n) is 1.74. The molecular formula is C13H10F2N4OS. The summed E-state index contributed by atoms with van der Waals surface area (Å²) < 4.78 is 29.3. The topological polar surface area (TPSA) is 59.3 Å². The van der Waals surface area contributed by atoms with E-state index in [1.165, 1.54) is 29.9 Å². The van der Waals surface area contributed by atoms with E-state index in [1.54, 1.807) is 0 Å². The van der Waals surface area contributed by atoms with Crippen molar-refractivity contribution in [3.63, 3.8) is 0 Å². The number of isothiocyanates is 1. The molecular weight excluding hydrogens is 298 g/mol. The highest BCUT2D eigenvalue weighted by Gasteiger charge is 2.15. The summed E-state index contributed by atoms with van der Waals surface area (Å²) in [6.45, 7) is 1.10. The van der Waals surface area contributed by atoms with Gasteiger partial charge in [0.2, 0.25) is 5.91 Å². The minimum atomic E-state index is -0.833. The van der Waals surface area contributed by atoms with Crippen molar-refractivity contribution in [3.05, 3.63) is 41.6 Å². The van der Waals surface area contributed by atoms with E-state index in [-0.39, 0.29) is 17.8 Å². The molecule has 0 unspecified atom stereocenters. The Kier molecular flexibility index (Phi) is 4.52. The first-order valence-corrected chi connectivity index (χ1v) is 6.28. The molecule has 0 bridgehead atoms. The number of aromatic nitrogens is 2. The third-order valence-electron chi connectivity index (χ3n) is 2.60. The van der Waals surface area contributed by atoms with Gasteiger partial charge in [0.25, 0.3) is 0 Å². The molecule has 2 aromatic rings. The van der Waals surface area contributed by atoms with E-state index in [1.807, 2.05) is 0 Å². The van der Waals surface area contributed by atoms with Crippen LogP contribution >= 0.6 is 12.2 Å². The van der Waals surface area contributed by atoms with Crippen LogP contribution < -0.4 is 5.32 Å². The zero-order valence-corrected chi connectivity index (χ0v) is 11.7. The van der Waals surface area contributed by atoms with Crippen LogP contribution in [0.4, 0.5) is 20.3 Å². The first-order valence-electron chi connectivity index (χ1n) is 5.87. The summed E-state index contributed by atoms with van der Waals surface area (Å²) in [7, 11) is 0. The Hall–Kier alpha value is -2.44. The molecule has 0 fully saturated rings. The standard InChI is InChI=1S/C13H10F2N4OS/c1-8(20)17-11-3-2-10(14)9(13(11)15)6-19-5-4-12(18-19)16-7-21/h2-5H,6H2,1H3,(H,17,20). The SMILES string of the molecule is CC(=O)Nc1ccc(F)c(Cn2ccc(N=C=S)n2)c1F. The smallest absolute Gasteiger partial charge is 0.221 e. The van der Waals surface area contributed by atoms with Crippen molar-refractivity contribution in [1.82, 2.24) is 9.78 Å². The molecule has 8 heteroatoms. The molecule has 0 spiro atoms. The summed E-state index contributed by atoms with van der Waals surface area (Å²) in [5.41, 5.74) is -0.287. The summed E-state index contributed by atoms with van der Waals surface area (Å²) in [6.07, 6.45) is 1.51. The molecule has 1 heterocycles. The molecule has 1 aromatic carbocycles.